The summed E-state index contributed by atoms with van der Waals surface area (Å²) in [5.41, 5.74) is 6.72. The van der Waals surface area contributed by atoms with Crippen LogP contribution in [0, 0.1) is 0 Å². The molecule has 1 aromatic rings. The van der Waals surface area contributed by atoms with Gasteiger partial charge in [0, 0.05) is 21.0 Å². The third-order valence-corrected chi connectivity index (χ3v) is 5.11. The highest BCUT2D eigenvalue weighted by molar-refractivity contribution is 9.11. The van der Waals surface area contributed by atoms with Crippen molar-refractivity contribution < 1.29 is 4.79 Å². The van der Waals surface area contributed by atoms with Crippen molar-refractivity contribution in [3.05, 3.63) is 27.1 Å². The number of hydrogen-bond donors (Lipinski definition) is 2. The molecular formula is C15H21Br2N3O. The molecule has 0 radical (unpaired) electrons. The highest BCUT2D eigenvalue weighted by Gasteiger charge is 2.23. The van der Waals surface area contributed by atoms with Crippen molar-refractivity contribution in [2.45, 2.75) is 37.8 Å². The summed E-state index contributed by atoms with van der Waals surface area (Å²) in [6, 6.07) is 6.51. The molecule has 2 rings (SSSR count). The van der Waals surface area contributed by atoms with Crippen molar-refractivity contribution in [1.29, 1.82) is 0 Å². The van der Waals surface area contributed by atoms with Crippen molar-refractivity contribution in [2.75, 3.05) is 18.9 Å². The van der Waals surface area contributed by atoms with Crippen LogP contribution in [0.3, 0.4) is 0 Å². The predicted octanol–water partition coefficient (Wildman–Crippen LogP) is 3.35. The van der Waals surface area contributed by atoms with Gasteiger partial charge in [0.15, 0.2) is 0 Å². The van der Waals surface area contributed by atoms with E-state index in [9.17, 15) is 4.79 Å². The van der Waals surface area contributed by atoms with E-state index in [1.54, 1.807) is 0 Å². The number of anilines is 1. The Hall–Kier alpha value is -0.430. The molecule has 0 saturated heterocycles. The van der Waals surface area contributed by atoms with E-state index in [0.29, 0.717) is 18.6 Å². The maximum Gasteiger partial charge on any atom is 0.238 e. The third kappa shape index (κ3) is 5.06. The van der Waals surface area contributed by atoms with E-state index in [1.165, 1.54) is 0 Å². The normalized spacial score (nSPS) is 22.3. The second-order valence-corrected chi connectivity index (χ2v) is 7.43. The number of nitrogens with zero attached hydrogens (tertiary/aromatic N) is 1. The highest BCUT2D eigenvalue weighted by Crippen LogP contribution is 2.26. The topological polar surface area (TPSA) is 58.4 Å². The van der Waals surface area contributed by atoms with Crippen molar-refractivity contribution in [2.24, 2.45) is 5.73 Å². The lowest BCUT2D eigenvalue weighted by Crippen LogP contribution is -2.42. The predicted molar refractivity (Wildman–Crippen MR) is 93.3 cm³/mol. The highest BCUT2D eigenvalue weighted by atomic mass is 79.9. The van der Waals surface area contributed by atoms with Crippen molar-refractivity contribution >= 4 is 43.5 Å². The number of nitrogens with two attached hydrogens (primary N) is 1. The van der Waals surface area contributed by atoms with E-state index >= 15 is 0 Å². The molecule has 3 N–H and O–H groups in total. The summed E-state index contributed by atoms with van der Waals surface area (Å²) in [7, 11) is 2.01. The molecule has 1 saturated carbocycles. The van der Waals surface area contributed by atoms with E-state index in [4.69, 9.17) is 5.73 Å². The Morgan fingerprint density at radius 2 is 2.00 bits per heavy atom. The molecule has 1 aliphatic carbocycles. The van der Waals surface area contributed by atoms with Gasteiger partial charge < -0.3 is 11.1 Å². The SMILES string of the molecule is CN(CC(=O)Nc1ccc(Br)cc1Br)C1CCC(N)CC1. The van der Waals surface area contributed by atoms with Gasteiger partial charge in [-0.25, -0.2) is 0 Å². The first kappa shape index (κ1) is 16.9. The maximum absolute atomic E-state index is 12.2. The van der Waals surface area contributed by atoms with E-state index in [2.05, 4.69) is 42.1 Å². The van der Waals surface area contributed by atoms with Crippen LogP contribution in [0.15, 0.2) is 27.1 Å². The summed E-state index contributed by atoms with van der Waals surface area (Å²) in [4.78, 5) is 14.3. The number of nitrogens with one attached hydrogen (secondary N) is 1. The van der Waals surface area contributed by atoms with E-state index in [0.717, 1.165) is 40.3 Å². The molecule has 0 unspecified atom stereocenters. The molecule has 0 aliphatic heterocycles. The number of halogens is 2. The molecule has 1 fully saturated rings. The Balaban J connectivity index is 1.86. The Morgan fingerprint density at radius 1 is 1.33 bits per heavy atom. The molecule has 0 heterocycles. The average molecular weight is 419 g/mol. The van der Waals surface area contributed by atoms with Gasteiger partial charge in [0.2, 0.25) is 5.91 Å². The van der Waals surface area contributed by atoms with Gasteiger partial charge in [-0.05, 0) is 66.9 Å². The smallest absolute Gasteiger partial charge is 0.238 e. The molecule has 0 aromatic heterocycles. The third-order valence-electron chi connectivity index (χ3n) is 3.96. The van der Waals surface area contributed by atoms with E-state index in [1.807, 2.05) is 25.2 Å². The molecule has 0 bridgehead atoms. The fourth-order valence-electron chi connectivity index (χ4n) is 2.68. The minimum atomic E-state index is 0.00962. The zero-order chi connectivity index (χ0) is 15.4. The van der Waals surface area contributed by atoms with Crippen LogP contribution in [0.5, 0.6) is 0 Å². The number of likely N-dealkylation sites (N-methyl/N-ethyl adjacent to an activating group) is 1. The molecule has 0 spiro atoms. The summed E-state index contributed by atoms with van der Waals surface area (Å²) in [6.45, 7) is 0.405. The number of carbonyl (C=O) groups is 1. The van der Waals surface area contributed by atoms with E-state index < -0.39 is 0 Å². The standard InChI is InChI=1S/C15H21Br2N3O/c1-20(12-5-3-11(18)4-6-12)9-15(21)19-14-7-2-10(16)8-13(14)17/h2,7-8,11-12H,3-6,9,18H2,1H3,(H,19,21). The van der Waals surface area contributed by atoms with E-state index in [-0.39, 0.29) is 5.91 Å². The maximum atomic E-state index is 12.2. The fourth-order valence-corrected chi connectivity index (χ4v) is 3.82. The Labute approximate surface area is 142 Å². The zero-order valence-electron chi connectivity index (χ0n) is 12.1. The molecular weight excluding hydrogens is 398 g/mol. The molecule has 116 valence electrons. The lowest BCUT2D eigenvalue weighted by molar-refractivity contribution is -0.117. The first-order chi connectivity index (χ1) is 9.95. The van der Waals surface area contributed by atoms with Crippen LogP contribution in [0.25, 0.3) is 0 Å². The van der Waals surface area contributed by atoms with Crippen LogP contribution in [0.4, 0.5) is 5.69 Å². The molecule has 1 amide bonds. The fraction of sp³-hybridized carbons (Fsp3) is 0.533. The number of carbonyl (C=O) groups excluding carboxylic acids is 1. The number of rotatable bonds is 4. The number of amides is 1. The summed E-state index contributed by atoms with van der Waals surface area (Å²) >= 11 is 6.85. The molecule has 6 heteroatoms. The first-order valence-electron chi connectivity index (χ1n) is 7.16. The zero-order valence-corrected chi connectivity index (χ0v) is 15.3. The Kier molecular flexibility index (Phi) is 6.22. The van der Waals surface area contributed by atoms with Gasteiger partial charge >= 0.3 is 0 Å². The van der Waals surface area contributed by atoms with Crippen LogP contribution in [-0.4, -0.2) is 36.5 Å². The van der Waals surface area contributed by atoms with Gasteiger partial charge in [0.1, 0.15) is 0 Å². The molecule has 21 heavy (non-hydrogen) atoms. The van der Waals surface area contributed by atoms with Gasteiger partial charge in [-0.2, -0.15) is 0 Å². The van der Waals surface area contributed by atoms with Crippen molar-refractivity contribution in [3.63, 3.8) is 0 Å². The van der Waals surface area contributed by atoms with Crippen LogP contribution in [0.1, 0.15) is 25.7 Å². The summed E-state index contributed by atoms with van der Waals surface area (Å²) in [5, 5.41) is 2.94. The van der Waals surface area contributed by atoms with Crippen LogP contribution >= 0.6 is 31.9 Å². The largest absolute Gasteiger partial charge is 0.328 e. The van der Waals surface area contributed by atoms with Gasteiger partial charge in [-0.1, -0.05) is 15.9 Å². The van der Waals surface area contributed by atoms with Crippen molar-refractivity contribution in [3.8, 4) is 0 Å². The van der Waals surface area contributed by atoms with Crippen molar-refractivity contribution in [1.82, 2.24) is 4.90 Å². The lowest BCUT2D eigenvalue weighted by Gasteiger charge is -2.33. The van der Waals surface area contributed by atoms with Gasteiger partial charge in [0.25, 0.3) is 0 Å². The monoisotopic (exact) mass is 417 g/mol. The molecule has 4 nitrogen and oxygen atoms in total. The molecule has 1 aliphatic rings. The number of hydrogen-bond acceptors (Lipinski definition) is 3. The molecule has 0 atom stereocenters. The van der Waals surface area contributed by atoms with Crippen LogP contribution in [-0.2, 0) is 4.79 Å². The second-order valence-electron chi connectivity index (χ2n) is 5.66. The van der Waals surface area contributed by atoms with Gasteiger partial charge in [-0.15, -0.1) is 0 Å². The Bertz CT molecular complexity index is 502. The quantitative estimate of drug-likeness (QED) is 0.788. The van der Waals surface area contributed by atoms with Gasteiger partial charge in [-0.3, -0.25) is 9.69 Å². The minimum absolute atomic E-state index is 0.00962. The van der Waals surface area contributed by atoms with Crippen LogP contribution < -0.4 is 11.1 Å². The summed E-state index contributed by atoms with van der Waals surface area (Å²) in [5.74, 6) is 0.00962. The number of benzene rings is 1. The minimum Gasteiger partial charge on any atom is -0.328 e. The first-order valence-corrected chi connectivity index (χ1v) is 8.75. The summed E-state index contributed by atoms with van der Waals surface area (Å²) < 4.78 is 1.85. The summed E-state index contributed by atoms with van der Waals surface area (Å²) in [6.07, 6.45) is 4.25. The lowest BCUT2D eigenvalue weighted by atomic mass is 9.91. The van der Waals surface area contributed by atoms with Crippen LogP contribution in [0.2, 0.25) is 0 Å². The molecule has 1 aromatic carbocycles. The second kappa shape index (κ2) is 7.72. The average Bonchev–Trinajstić information content (AvgIpc) is 2.42. The van der Waals surface area contributed by atoms with Gasteiger partial charge in [0.05, 0.1) is 12.2 Å². The Morgan fingerprint density at radius 3 is 2.62 bits per heavy atom.